The molecule has 0 radical (unpaired) electrons. The van der Waals surface area contributed by atoms with Crippen molar-refractivity contribution in [1.29, 1.82) is 0 Å². The van der Waals surface area contributed by atoms with Gasteiger partial charge in [-0.1, -0.05) is 30.3 Å². The fourth-order valence-corrected chi connectivity index (χ4v) is 5.49. The van der Waals surface area contributed by atoms with E-state index in [0.29, 0.717) is 55.6 Å². The minimum Gasteiger partial charge on any atom is -0.478 e. The lowest BCUT2D eigenvalue weighted by Crippen LogP contribution is -2.38. The Morgan fingerprint density at radius 1 is 1.12 bits per heavy atom. The van der Waals surface area contributed by atoms with E-state index in [2.05, 4.69) is 0 Å². The maximum Gasteiger partial charge on any atom is 0.416 e. The number of benzene rings is 3. The molecular formula is C30H27F4N3O4. The quantitative estimate of drug-likeness (QED) is 0.264. The number of carbonyl (C=O) groups is 1. The van der Waals surface area contributed by atoms with Gasteiger partial charge in [-0.25, -0.2) is 14.2 Å². The number of carboxylic acid groups (broad SMARTS) is 1. The first kappa shape index (κ1) is 27.4. The Morgan fingerprint density at radius 2 is 1.93 bits per heavy atom. The lowest BCUT2D eigenvalue weighted by atomic mass is 9.98. The maximum absolute atomic E-state index is 13.7. The van der Waals surface area contributed by atoms with Gasteiger partial charge in [0.2, 0.25) is 0 Å². The third-order valence-electron chi connectivity index (χ3n) is 7.69. The number of rotatable bonds is 8. The molecule has 0 aliphatic carbocycles. The van der Waals surface area contributed by atoms with E-state index in [-0.39, 0.29) is 23.8 Å². The number of fused-ring (bicyclic) bond motifs is 2. The number of carboxylic acids is 1. The summed E-state index contributed by atoms with van der Waals surface area (Å²) in [6.45, 7) is 1.64. The summed E-state index contributed by atoms with van der Waals surface area (Å²) in [4.78, 5) is 18.5. The minimum absolute atomic E-state index is 0.0203. The molecule has 2 aliphatic heterocycles. The molecule has 0 saturated carbocycles. The van der Waals surface area contributed by atoms with E-state index in [1.54, 1.807) is 12.1 Å². The molecule has 1 saturated heterocycles. The summed E-state index contributed by atoms with van der Waals surface area (Å²) >= 11 is 0. The van der Waals surface area contributed by atoms with Crippen LogP contribution in [0.4, 0.5) is 17.6 Å². The third-order valence-corrected chi connectivity index (χ3v) is 7.69. The molecule has 11 heteroatoms. The molecule has 2 atom stereocenters. The molecule has 1 N–H and O–H groups in total. The summed E-state index contributed by atoms with van der Waals surface area (Å²) in [5.41, 5.74) is 2.11. The van der Waals surface area contributed by atoms with Crippen LogP contribution in [0.2, 0.25) is 0 Å². The number of nitrogens with zero attached hydrogens (tertiary/aromatic N) is 3. The van der Waals surface area contributed by atoms with Crippen molar-refractivity contribution in [3.8, 4) is 0 Å². The zero-order valence-electron chi connectivity index (χ0n) is 21.9. The summed E-state index contributed by atoms with van der Waals surface area (Å²) < 4.78 is 68.5. The van der Waals surface area contributed by atoms with Crippen molar-refractivity contribution >= 4 is 17.0 Å². The van der Waals surface area contributed by atoms with Crippen LogP contribution in [0.3, 0.4) is 0 Å². The zero-order valence-corrected chi connectivity index (χ0v) is 21.9. The van der Waals surface area contributed by atoms with Crippen molar-refractivity contribution in [1.82, 2.24) is 14.5 Å². The van der Waals surface area contributed by atoms with E-state index >= 15 is 0 Å². The minimum atomic E-state index is -4.73. The van der Waals surface area contributed by atoms with Crippen LogP contribution >= 0.6 is 0 Å². The molecule has 41 heavy (non-hydrogen) atoms. The Labute approximate surface area is 232 Å². The predicted octanol–water partition coefficient (Wildman–Crippen LogP) is 5.96. The highest BCUT2D eigenvalue weighted by atomic mass is 19.4. The second-order valence-corrected chi connectivity index (χ2v) is 10.3. The molecule has 0 unspecified atom stereocenters. The van der Waals surface area contributed by atoms with Crippen LogP contribution in [0.5, 0.6) is 0 Å². The van der Waals surface area contributed by atoms with Gasteiger partial charge in [0.1, 0.15) is 17.9 Å². The molecule has 3 heterocycles. The number of aromatic carboxylic acids is 1. The van der Waals surface area contributed by atoms with Crippen molar-refractivity contribution in [2.24, 2.45) is 0 Å². The van der Waals surface area contributed by atoms with E-state index < -0.39 is 29.8 Å². The topological polar surface area (TPSA) is 76.8 Å². The number of ether oxygens (including phenoxy) is 2. The smallest absolute Gasteiger partial charge is 0.416 e. The highest BCUT2D eigenvalue weighted by Crippen LogP contribution is 2.36. The maximum atomic E-state index is 13.7. The van der Waals surface area contributed by atoms with E-state index in [1.807, 2.05) is 33.7 Å². The average molecular weight is 570 g/mol. The molecule has 7 nitrogen and oxygen atoms in total. The van der Waals surface area contributed by atoms with Gasteiger partial charge in [0.25, 0.3) is 0 Å². The second kappa shape index (κ2) is 10.9. The molecule has 4 aromatic rings. The van der Waals surface area contributed by atoms with Gasteiger partial charge in [0, 0.05) is 13.2 Å². The first-order valence-corrected chi connectivity index (χ1v) is 13.3. The molecule has 1 fully saturated rings. The van der Waals surface area contributed by atoms with Crippen molar-refractivity contribution < 1.29 is 36.9 Å². The van der Waals surface area contributed by atoms with E-state index in [9.17, 15) is 27.5 Å². The molecular weight excluding hydrogens is 542 g/mol. The van der Waals surface area contributed by atoms with Gasteiger partial charge < -0.3 is 19.1 Å². The Morgan fingerprint density at radius 3 is 2.66 bits per heavy atom. The number of alkyl halides is 3. The summed E-state index contributed by atoms with van der Waals surface area (Å²) in [5, 5.41) is 9.54. The standard InChI is InChI=1S/C30H27F4N3O4/c31-21-7-5-20(24(14-21)30(32,33)34)17-41-28-23-4-2-1-3-18(23)9-11-36(28)16-27-35-25-8-6-19(29(38)39)13-26(25)37(27)15-22-10-12-40-22/h1-8,13-14,22,28H,9-12,15-17H2,(H,38,39)/t22-,28-/m0/s1. The highest BCUT2D eigenvalue weighted by Gasteiger charge is 2.35. The SMILES string of the molecule is O=C(O)c1ccc2nc(CN3CCc4ccccc4[C@@H]3OCc3ccc(F)cc3C(F)(F)F)n(C[C@@H]3CCO3)c2c1. The van der Waals surface area contributed by atoms with Crippen molar-refractivity contribution in [2.75, 3.05) is 13.2 Å². The normalized spacial score (nSPS) is 19.2. The molecule has 0 spiro atoms. The number of hydrogen-bond acceptors (Lipinski definition) is 5. The van der Waals surface area contributed by atoms with Crippen LogP contribution < -0.4 is 0 Å². The second-order valence-electron chi connectivity index (χ2n) is 10.3. The van der Waals surface area contributed by atoms with Gasteiger partial charge in [-0.2, -0.15) is 13.2 Å². The molecule has 0 amide bonds. The van der Waals surface area contributed by atoms with Crippen LogP contribution in [0.25, 0.3) is 11.0 Å². The third kappa shape index (κ3) is 5.57. The summed E-state index contributed by atoms with van der Waals surface area (Å²) in [5.74, 6) is -1.34. The van der Waals surface area contributed by atoms with Crippen LogP contribution in [-0.4, -0.2) is 44.8 Å². The first-order valence-electron chi connectivity index (χ1n) is 13.3. The van der Waals surface area contributed by atoms with Crippen LogP contribution in [0.15, 0.2) is 60.7 Å². The fourth-order valence-electron chi connectivity index (χ4n) is 5.49. The first-order chi connectivity index (χ1) is 19.7. The Kier molecular flexibility index (Phi) is 7.27. The van der Waals surface area contributed by atoms with Gasteiger partial charge in [-0.15, -0.1) is 0 Å². The molecule has 2 aliphatic rings. The zero-order chi connectivity index (χ0) is 28.7. The lowest BCUT2D eigenvalue weighted by molar-refractivity contribution is -0.140. The summed E-state index contributed by atoms with van der Waals surface area (Å²) in [6, 6.07) is 15.0. The Hall–Kier alpha value is -3.80. The molecule has 214 valence electrons. The van der Waals surface area contributed by atoms with Gasteiger partial charge in [0.05, 0.1) is 48.0 Å². The van der Waals surface area contributed by atoms with Crippen molar-refractivity contribution in [2.45, 2.75) is 51.0 Å². The highest BCUT2D eigenvalue weighted by molar-refractivity contribution is 5.92. The van der Waals surface area contributed by atoms with Crippen molar-refractivity contribution in [3.05, 3.63) is 100 Å². The predicted molar refractivity (Wildman–Crippen MR) is 141 cm³/mol. The van der Waals surface area contributed by atoms with Crippen molar-refractivity contribution in [3.63, 3.8) is 0 Å². The largest absolute Gasteiger partial charge is 0.478 e. The molecule has 6 rings (SSSR count). The van der Waals surface area contributed by atoms with Gasteiger partial charge in [0.15, 0.2) is 0 Å². The molecule has 1 aromatic heterocycles. The number of halogens is 4. The Bertz CT molecular complexity index is 1600. The van der Waals surface area contributed by atoms with Crippen LogP contribution in [0, 0.1) is 5.82 Å². The van der Waals surface area contributed by atoms with Gasteiger partial charge >= 0.3 is 12.1 Å². The number of hydrogen-bond donors (Lipinski definition) is 1. The summed E-state index contributed by atoms with van der Waals surface area (Å²) in [7, 11) is 0. The van der Waals surface area contributed by atoms with Crippen LogP contribution in [-0.2, 0) is 41.8 Å². The van der Waals surface area contributed by atoms with E-state index in [1.165, 1.54) is 6.07 Å². The molecule has 0 bridgehead atoms. The van der Waals surface area contributed by atoms with Gasteiger partial charge in [-0.3, -0.25) is 4.90 Å². The fraction of sp³-hybridized carbons (Fsp3) is 0.333. The van der Waals surface area contributed by atoms with E-state index in [4.69, 9.17) is 14.5 Å². The van der Waals surface area contributed by atoms with Gasteiger partial charge in [-0.05, 0) is 59.9 Å². The monoisotopic (exact) mass is 569 g/mol. The van der Waals surface area contributed by atoms with E-state index in [0.717, 1.165) is 29.7 Å². The lowest BCUT2D eigenvalue weighted by Gasteiger charge is -2.37. The Balaban J connectivity index is 1.34. The average Bonchev–Trinajstić information content (AvgIpc) is 3.25. The van der Waals surface area contributed by atoms with Crippen LogP contribution in [0.1, 0.15) is 51.1 Å². The number of aromatic nitrogens is 2. The molecule has 3 aromatic carbocycles. The number of imidazole rings is 1. The summed E-state index contributed by atoms with van der Waals surface area (Å²) in [6.07, 6.45) is -3.86.